The number of ether oxygens (including phenoxy) is 2. The number of benzene rings is 1. The van der Waals surface area contributed by atoms with Gasteiger partial charge in [-0.25, -0.2) is 0 Å². The molecule has 0 aromatic heterocycles. The van der Waals surface area contributed by atoms with Crippen molar-refractivity contribution in [2.75, 3.05) is 6.79 Å². The third-order valence-electron chi connectivity index (χ3n) is 4.35. The van der Waals surface area contributed by atoms with E-state index in [1.165, 1.54) is 6.07 Å². The molecule has 0 bridgehead atoms. The minimum atomic E-state index is -1.06. The molecule has 1 aliphatic carbocycles. The Morgan fingerprint density at radius 2 is 1.90 bits per heavy atom. The summed E-state index contributed by atoms with van der Waals surface area (Å²) in [4.78, 5) is 23.1. The van der Waals surface area contributed by atoms with Crippen LogP contribution in [0.3, 0.4) is 0 Å². The number of halogens is 1. The van der Waals surface area contributed by atoms with Crippen molar-refractivity contribution in [2.45, 2.75) is 37.5 Å². The number of hydrogen-bond donors (Lipinski definition) is 1. The van der Waals surface area contributed by atoms with Crippen molar-refractivity contribution in [3.05, 3.63) is 22.2 Å². The van der Waals surface area contributed by atoms with Crippen LogP contribution in [0.1, 0.15) is 48.0 Å². The molecule has 1 aliphatic heterocycles. The summed E-state index contributed by atoms with van der Waals surface area (Å²) in [6.45, 7) is -0.0286. The van der Waals surface area contributed by atoms with Gasteiger partial charge in [0.2, 0.25) is 6.79 Å². The molecule has 21 heavy (non-hydrogen) atoms. The summed E-state index contributed by atoms with van der Waals surface area (Å²) in [5, 5.41) is 10.1. The summed E-state index contributed by atoms with van der Waals surface area (Å²) in [6, 6.07) is 1.47. The molecule has 1 heterocycles. The van der Waals surface area contributed by atoms with Crippen LogP contribution in [0, 0.1) is 0 Å². The van der Waals surface area contributed by atoms with Gasteiger partial charge in [0.1, 0.15) is 0 Å². The first-order valence-corrected chi connectivity index (χ1v) is 7.29. The maximum absolute atomic E-state index is 12.0. The number of carboxylic acid groups (broad SMARTS) is 1. The number of fused-ring (bicyclic) bond motifs is 1. The molecule has 0 atom stereocenters. The molecule has 0 spiro atoms. The van der Waals surface area contributed by atoms with Crippen molar-refractivity contribution in [2.24, 2.45) is 0 Å². The monoisotopic (exact) mass is 310 g/mol. The van der Waals surface area contributed by atoms with Gasteiger partial charge in [-0.15, -0.1) is 0 Å². The molecule has 5 nitrogen and oxygen atoms in total. The molecule has 1 aromatic carbocycles. The maximum Gasteiger partial charge on any atom is 0.314 e. The van der Waals surface area contributed by atoms with Crippen LogP contribution in [-0.4, -0.2) is 24.2 Å². The lowest BCUT2D eigenvalue weighted by molar-refractivity contribution is -0.145. The lowest BCUT2D eigenvalue weighted by Crippen LogP contribution is -2.38. The van der Waals surface area contributed by atoms with Crippen LogP contribution in [0.15, 0.2) is 6.07 Å². The largest absolute Gasteiger partial charge is 0.481 e. The molecule has 3 rings (SSSR count). The zero-order valence-electron chi connectivity index (χ0n) is 11.4. The lowest BCUT2D eigenvalue weighted by Gasteiger charge is -2.34. The summed E-state index contributed by atoms with van der Waals surface area (Å²) < 4.78 is 10.8. The van der Waals surface area contributed by atoms with Gasteiger partial charge in [-0.2, -0.15) is 0 Å². The summed E-state index contributed by atoms with van der Waals surface area (Å²) >= 11 is 6.30. The van der Waals surface area contributed by atoms with Crippen LogP contribution in [-0.2, 0) is 10.2 Å². The van der Waals surface area contributed by atoms with Gasteiger partial charge in [-0.1, -0.05) is 30.9 Å². The highest BCUT2D eigenvalue weighted by molar-refractivity contribution is 6.32. The van der Waals surface area contributed by atoms with E-state index in [1.54, 1.807) is 0 Å². The number of carboxylic acids is 1. The van der Waals surface area contributed by atoms with Gasteiger partial charge < -0.3 is 14.6 Å². The van der Waals surface area contributed by atoms with E-state index in [1.807, 2.05) is 0 Å². The second kappa shape index (κ2) is 5.22. The molecule has 6 heteroatoms. The Hall–Kier alpha value is -1.75. The first-order valence-electron chi connectivity index (χ1n) is 6.91. The molecule has 2 aliphatic rings. The molecule has 0 saturated heterocycles. The van der Waals surface area contributed by atoms with E-state index >= 15 is 0 Å². The first kappa shape index (κ1) is 14.2. The van der Waals surface area contributed by atoms with Crippen LogP contribution >= 0.6 is 11.6 Å². The first-order chi connectivity index (χ1) is 10.1. The van der Waals surface area contributed by atoms with E-state index < -0.39 is 11.4 Å². The number of carbonyl (C=O) groups is 2. The van der Waals surface area contributed by atoms with Crippen LogP contribution in [0.2, 0.25) is 5.02 Å². The quantitative estimate of drug-likeness (QED) is 0.868. The van der Waals surface area contributed by atoms with Crippen LogP contribution < -0.4 is 9.47 Å². The molecule has 112 valence electrons. The van der Waals surface area contributed by atoms with Crippen molar-refractivity contribution >= 4 is 23.9 Å². The fraction of sp³-hybridized carbons (Fsp3) is 0.467. The van der Waals surface area contributed by atoms with Crippen LogP contribution in [0.4, 0.5) is 0 Å². The second-order valence-electron chi connectivity index (χ2n) is 5.45. The van der Waals surface area contributed by atoms with Gasteiger partial charge >= 0.3 is 5.97 Å². The van der Waals surface area contributed by atoms with Gasteiger partial charge in [0.25, 0.3) is 0 Å². The summed E-state index contributed by atoms with van der Waals surface area (Å²) in [5.41, 5.74) is -0.323. The summed E-state index contributed by atoms with van der Waals surface area (Å²) in [7, 11) is 0. The zero-order chi connectivity index (χ0) is 15.0. The van der Waals surface area contributed by atoms with Gasteiger partial charge in [-0.05, 0) is 18.9 Å². The molecule has 1 saturated carbocycles. The third kappa shape index (κ3) is 2.07. The normalized spacial score (nSPS) is 19.3. The Bertz CT molecular complexity index is 605. The van der Waals surface area contributed by atoms with Gasteiger partial charge in [0.15, 0.2) is 17.8 Å². The van der Waals surface area contributed by atoms with Gasteiger partial charge in [0.05, 0.1) is 11.0 Å². The highest BCUT2D eigenvalue weighted by atomic mass is 35.5. The smallest absolute Gasteiger partial charge is 0.314 e. The predicted molar refractivity (Wildman–Crippen MR) is 75.4 cm³/mol. The maximum atomic E-state index is 12.0. The molecule has 1 aromatic rings. The van der Waals surface area contributed by atoms with E-state index in [0.717, 1.165) is 19.3 Å². The molecule has 0 amide bonds. The van der Waals surface area contributed by atoms with Crippen molar-refractivity contribution in [3.8, 4) is 11.5 Å². The number of aldehydes is 1. The number of carbonyl (C=O) groups excluding carboxylic acids is 1. The van der Waals surface area contributed by atoms with Crippen LogP contribution in [0.25, 0.3) is 0 Å². The Morgan fingerprint density at radius 1 is 1.24 bits per heavy atom. The Balaban J connectivity index is 2.24. The summed E-state index contributed by atoms with van der Waals surface area (Å²) in [6.07, 6.45) is 4.33. The average molecular weight is 311 g/mol. The predicted octanol–water partition coefficient (Wildman–Crippen LogP) is 3.17. The van der Waals surface area contributed by atoms with Gasteiger partial charge in [-0.3, -0.25) is 9.59 Å². The second-order valence-corrected chi connectivity index (χ2v) is 5.86. The number of aliphatic carboxylic acids is 1. The fourth-order valence-electron chi connectivity index (χ4n) is 3.32. The molecular formula is C15H15ClO5. The molecule has 0 unspecified atom stereocenters. The fourth-order valence-corrected chi connectivity index (χ4v) is 3.71. The molecule has 1 fully saturated rings. The van der Waals surface area contributed by atoms with E-state index in [2.05, 4.69) is 0 Å². The van der Waals surface area contributed by atoms with E-state index in [4.69, 9.17) is 21.1 Å². The SMILES string of the molecule is O=Cc1cc(Cl)c(C2(C(=O)O)CCCCC2)c2c1OCO2. The zero-order valence-corrected chi connectivity index (χ0v) is 12.1. The topological polar surface area (TPSA) is 72.8 Å². The van der Waals surface area contributed by atoms with Crippen molar-refractivity contribution in [1.29, 1.82) is 0 Å². The molecule has 0 radical (unpaired) electrons. The number of hydrogen-bond acceptors (Lipinski definition) is 4. The lowest BCUT2D eigenvalue weighted by atomic mass is 9.69. The standard InChI is InChI=1S/C15H15ClO5/c16-10-6-9(7-17)12-13(21-8-20-12)11(10)15(14(18)19)4-2-1-3-5-15/h6-7H,1-5,8H2,(H,18,19). The summed E-state index contributed by atoms with van der Waals surface area (Å²) in [5.74, 6) is -0.287. The highest BCUT2D eigenvalue weighted by Gasteiger charge is 2.46. The average Bonchev–Trinajstić information content (AvgIpc) is 2.96. The van der Waals surface area contributed by atoms with Crippen LogP contribution in [0.5, 0.6) is 11.5 Å². The van der Waals surface area contributed by atoms with E-state index in [-0.39, 0.29) is 17.4 Å². The van der Waals surface area contributed by atoms with E-state index in [9.17, 15) is 14.7 Å². The van der Waals surface area contributed by atoms with Crippen molar-refractivity contribution in [1.82, 2.24) is 0 Å². The number of rotatable bonds is 3. The molecular weight excluding hydrogens is 296 g/mol. The van der Waals surface area contributed by atoms with Crippen molar-refractivity contribution < 1.29 is 24.2 Å². The Kier molecular flexibility index (Phi) is 3.53. The van der Waals surface area contributed by atoms with Crippen molar-refractivity contribution in [3.63, 3.8) is 0 Å². The van der Waals surface area contributed by atoms with E-state index in [0.29, 0.717) is 36.2 Å². The third-order valence-corrected chi connectivity index (χ3v) is 4.64. The Labute approximate surface area is 126 Å². The van der Waals surface area contributed by atoms with Gasteiger partial charge in [0, 0.05) is 10.6 Å². The minimum absolute atomic E-state index is 0.0286. The Morgan fingerprint density at radius 3 is 2.52 bits per heavy atom. The minimum Gasteiger partial charge on any atom is -0.481 e. The highest BCUT2D eigenvalue weighted by Crippen LogP contribution is 2.52. The molecule has 1 N–H and O–H groups in total.